The summed E-state index contributed by atoms with van der Waals surface area (Å²) in [6.07, 6.45) is 1.71. The SMILES string of the molecule is CC(C)COc1ccccc1/C=C1\SC(=O)N(CCN)C1=O. The van der Waals surface area contributed by atoms with E-state index in [2.05, 4.69) is 13.8 Å². The minimum atomic E-state index is -0.292. The van der Waals surface area contributed by atoms with E-state index in [1.165, 1.54) is 4.90 Å². The van der Waals surface area contributed by atoms with E-state index in [1.54, 1.807) is 6.08 Å². The van der Waals surface area contributed by atoms with Gasteiger partial charge in [-0.05, 0) is 29.8 Å². The smallest absolute Gasteiger partial charge is 0.293 e. The Hall–Kier alpha value is -1.79. The van der Waals surface area contributed by atoms with E-state index in [0.29, 0.717) is 23.2 Å². The summed E-state index contributed by atoms with van der Waals surface area (Å²) in [4.78, 5) is 25.6. The van der Waals surface area contributed by atoms with Crippen LogP contribution in [0.2, 0.25) is 0 Å². The third-order valence-corrected chi connectivity index (χ3v) is 3.91. The highest BCUT2D eigenvalue weighted by atomic mass is 32.2. The normalized spacial score (nSPS) is 16.9. The molecule has 1 aromatic carbocycles. The maximum absolute atomic E-state index is 12.2. The maximum Gasteiger partial charge on any atom is 0.293 e. The van der Waals surface area contributed by atoms with Gasteiger partial charge in [0.25, 0.3) is 11.1 Å². The summed E-state index contributed by atoms with van der Waals surface area (Å²) in [5, 5.41) is -0.276. The molecule has 0 atom stereocenters. The highest BCUT2D eigenvalue weighted by Gasteiger charge is 2.34. The molecule has 0 aromatic heterocycles. The largest absolute Gasteiger partial charge is 0.493 e. The molecule has 0 radical (unpaired) electrons. The number of thioether (sulfide) groups is 1. The van der Waals surface area contributed by atoms with E-state index in [1.807, 2.05) is 24.3 Å². The van der Waals surface area contributed by atoms with Crippen LogP contribution in [0, 0.1) is 5.92 Å². The first-order chi connectivity index (χ1) is 10.5. The van der Waals surface area contributed by atoms with Gasteiger partial charge < -0.3 is 10.5 Å². The maximum atomic E-state index is 12.2. The molecule has 1 saturated heterocycles. The molecule has 0 aliphatic carbocycles. The molecule has 2 amide bonds. The fourth-order valence-electron chi connectivity index (χ4n) is 1.95. The van der Waals surface area contributed by atoms with Gasteiger partial charge in [-0.15, -0.1) is 0 Å². The fraction of sp³-hybridized carbons (Fsp3) is 0.375. The number of hydrogen-bond acceptors (Lipinski definition) is 5. The van der Waals surface area contributed by atoms with Crippen molar-refractivity contribution < 1.29 is 14.3 Å². The number of hydrogen-bond donors (Lipinski definition) is 1. The van der Waals surface area contributed by atoms with Crippen LogP contribution in [0.4, 0.5) is 4.79 Å². The first-order valence-electron chi connectivity index (χ1n) is 7.20. The van der Waals surface area contributed by atoms with Crippen molar-refractivity contribution in [2.75, 3.05) is 19.7 Å². The van der Waals surface area contributed by atoms with Crippen molar-refractivity contribution in [3.8, 4) is 5.75 Å². The monoisotopic (exact) mass is 320 g/mol. The Balaban J connectivity index is 2.22. The van der Waals surface area contributed by atoms with Crippen LogP contribution in [0.15, 0.2) is 29.2 Å². The van der Waals surface area contributed by atoms with Gasteiger partial charge in [-0.1, -0.05) is 32.0 Å². The standard InChI is InChI=1S/C16H20N2O3S/c1-11(2)10-21-13-6-4-3-5-12(13)9-14-15(19)18(8-7-17)16(20)22-14/h3-6,9,11H,7-8,10,17H2,1-2H3/b14-9-. The number of imide groups is 1. The molecule has 1 aromatic rings. The second kappa shape index (κ2) is 7.47. The molecule has 2 N–H and O–H groups in total. The lowest BCUT2D eigenvalue weighted by Crippen LogP contribution is -2.33. The predicted octanol–water partition coefficient (Wildman–Crippen LogP) is 2.72. The molecular formula is C16H20N2O3S. The number of nitrogens with zero attached hydrogens (tertiary/aromatic N) is 1. The first-order valence-corrected chi connectivity index (χ1v) is 8.02. The summed E-state index contributed by atoms with van der Waals surface area (Å²) in [7, 11) is 0. The average Bonchev–Trinajstić information content (AvgIpc) is 2.74. The van der Waals surface area contributed by atoms with Crippen molar-refractivity contribution in [2.24, 2.45) is 11.7 Å². The van der Waals surface area contributed by atoms with E-state index in [9.17, 15) is 9.59 Å². The van der Waals surface area contributed by atoms with Gasteiger partial charge in [0.2, 0.25) is 0 Å². The zero-order chi connectivity index (χ0) is 16.1. The molecule has 6 heteroatoms. The molecule has 0 unspecified atom stereocenters. The van der Waals surface area contributed by atoms with Crippen molar-refractivity contribution >= 4 is 29.0 Å². The minimum Gasteiger partial charge on any atom is -0.493 e. The summed E-state index contributed by atoms with van der Waals surface area (Å²) in [5.74, 6) is 0.825. The van der Waals surface area contributed by atoms with Gasteiger partial charge in [0.1, 0.15) is 5.75 Å². The number of rotatable bonds is 6. The van der Waals surface area contributed by atoms with E-state index in [-0.39, 0.29) is 24.2 Å². The second-order valence-electron chi connectivity index (χ2n) is 5.36. The molecule has 0 bridgehead atoms. The van der Waals surface area contributed by atoms with Gasteiger partial charge in [-0.25, -0.2) is 0 Å². The molecule has 5 nitrogen and oxygen atoms in total. The van der Waals surface area contributed by atoms with Crippen LogP contribution < -0.4 is 10.5 Å². The third kappa shape index (κ3) is 3.90. The Morgan fingerprint density at radius 3 is 2.73 bits per heavy atom. The van der Waals surface area contributed by atoms with E-state index in [0.717, 1.165) is 17.3 Å². The Morgan fingerprint density at radius 1 is 1.32 bits per heavy atom. The van der Waals surface area contributed by atoms with Gasteiger partial charge >= 0.3 is 0 Å². The molecule has 0 spiro atoms. The first kappa shape index (κ1) is 16.6. The summed E-state index contributed by atoms with van der Waals surface area (Å²) >= 11 is 0.937. The number of amides is 2. The molecule has 0 saturated carbocycles. The predicted molar refractivity (Wildman–Crippen MR) is 88.5 cm³/mol. The lowest BCUT2D eigenvalue weighted by molar-refractivity contribution is -0.122. The van der Waals surface area contributed by atoms with Crippen LogP contribution in [0.1, 0.15) is 19.4 Å². The zero-order valence-electron chi connectivity index (χ0n) is 12.7. The Morgan fingerprint density at radius 2 is 2.05 bits per heavy atom. The van der Waals surface area contributed by atoms with Gasteiger partial charge in [-0.3, -0.25) is 14.5 Å². The lowest BCUT2D eigenvalue weighted by atomic mass is 10.1. The number of para-hydroxylation sites is 1. The quantitative estimate of drug-likeness (QED) is 0.816. The average molecular weight is 320 g/mol. The third-order valence-electron chi connectivity index (χ3n) is 3.00. The van der Waals surface area contributed by atoms with Gasteiger partial charge in [0.05, 0.1) is 11.5 Å². The molecule has 1 fully saturated rings. The highest BCUT2D eigenvalue weighted by Crippen LogP contribution is 2.33. The van der Waals surface area contributed by atoms with E-state index in [4.69, 9.17) is 10.5 Å². The minimum absolute atomic E-state index is 0.244. The summed E-state index contributed by atoms with van der Waals surface area (Å²) in [5.41, 5.74) is 6.22. The number of nitrogens with two attached hydrogens (primary N) is 1. The zero-order valence-corrected chi connectivity index (χ0v) is 13.6. The molecular weight excluding hydrogens is 300 g/mol. The Kier molecular flexibility index (Phi) is 5.63. The highest BCUT2D eigenvalue weighted by molar-refractivity contribution is 8.18. The molecule has 2 rings (SSSR count). The van der Waals surface area contributed by atoms with E-state index >= 15 is 0 Å². The van der Waals surface area contributed by atoms with Crippen LogP contribution in [-0.4, -0.2) is 35.7 Å². The molecule has 118 valence electrons. The van der Waals surface area contributed by atoms with E-state index < -0.39 is 0 Å². The molecule has 1 aliphatic heterocycles. The fourth-order valence-corrected chi connectivity index (χ4v) is 2.81. The van der Waals surface area contributed by atoms with Crippen LogP contribution in [0.5, 0.6) is 5.75 Å². The van der Waals surface area contributed by atoms with Crippen LogP contribution in [-0.2, 0) is 4.79 Å². The lowest BCUT2D eigenvalue weighted by Gasteiger charge is -2.11. The molecule has 1 aliphatic rings. The second-order valence-corrected chi connectivity index (χ2v) is 6.36. The van der Waals surface area contributed by atoms with Crippen molar-refractivity contribution in [3.05, 3.63) is 34.7 Å². The van der Waals surface area contributed by atoms with Crippen LogP contribution in [0.25, 0.3) is 6.08 Å². The number of carbonyl (C=O) groups excluding carboxylic acids is 2. The van der Waals surface area contributed by atoms with Gasteiger partial charge in [0, 0.05) is 18.7 Å². The topological polar surface area (TPSA) is 72.6 Å². The summed E-state index contributed by atoms with van der Waals surface area (Å²) in [6, 6.07) is 7.48. The van der Waals surface area contributed by atoms with Crippen LogP contribution >= 0.6 is 11.8 Å². The number of carbonyl (C=O) groups is 2. The van der Waals surface area contributed by atoms with Crippen molar-refractivity contribution in [1.82, 2.24) is 4.90 Å². The Bertz CT molecular complexity index is 599. The van der Waals surface area contributed by atoms with Gasteiger partial charge in [0.15, 0.2) is 0 Å². The number of benzene rings is 1. The summed E-state index contributed by atoms with van der Waals surface area (Å²) in [6.45, 7) is 5.24. The van der Waals surface area contributed by atoms with Gasteiger partial charge in [-0.2, -0.15) is 0 Å². The Labute approximate surface area is 134 Å². The van der Waals surface area contributed by atoms with Crippen molar-refractivity contribution in [2.45, 2.75) is 13.8 Å². The summed E-state index contributed by atoms with van der Waals surface area (Å²) < 4.78 is 5.76. The molecule has 22 heavy (non-hydrogen) atoms. The molecule has 1 heterocycles. The number of ether oxygens (including phenoxy) is 1. The van der Waals surface area contributed by atoms with Crippen molar-refractivity contribution in [1.29, 1.82) is 0 Å². The van der Waals surface area contributed by atoms with Crippen molar-refractivity contribution in [3.63, 3.8) is 0 Å². The van der Waals surface area contributed by atoms with Crippen LogP contribution in [0.3, 0.4) is 0 Å².